The Balaban J connectivity index is 1.31. The van der Waals surface area contributed by atoms with Gasteiger partial charge in [0.15, 0.2) is 19.7 Å². The Bertz CT molecular complexity index is 2220. The summed E-state index contributed by atoms with van der Waals surface area (Å²) in [6.45, 7) is 15.1. The molecule has 4 atom stereocenters. The first kappa shape index (κ1) is 36.8. The molecular formula is C43H50FN3O6Si. The van der Waals surface area contributed by atoms with Crippen LogP contribution in [0.15, 0.2) is 58.6 Å². The van der Waals surface area contributed by atoms with Crippen LogP contribution in [0.4, 0.5) is 4.39 Å². The molecule has 0 radical (unpaired) electrons. The number of hydrogen-bond donors (Lipinski definition) is 1. The number of hydrogen-bond acceptors (Lipinski definition) is 9. The van der Waals surface area contributed by atoms with Crippen LogP contribution in [0.3, 0.4) is 0 Å². The van der Waals surface area contributed by atoms with Crippen molar-refractivity contribution >= 4 is 36.4 Å². The Morgan fingerprint density at radius 2 is 1.76 bits per heavy atom. The van der Waals surface area contributed by atoms with E-state index in [2.05, 4.69) is 30.8 Å². The summed E-state index contributed by atoms with van der Waals surface area (Å²) in [5.74, 6) is -2.74. The van der Waals surface area contributed by atoms with E-state index in [1.807, 2.05) is 87.5 Å². The van der Waals surface area contributed by atoms with E-state index < -0.39 is 43.4 Å². The number of ether oxygens (including phenoxy) is 1. The fourth-order valence-corrected chi connectivity index (χ4v) is 10.4. The number of likely N-dealkylation sites (tertiary alicyclic amines) is 1. The second-order valence-corrected chi connectivity index (χ2v) is 22.2. The van der Waals surface area contributed by atoms with Crippen molar-refractivity contribution < 1.29 is 32.8 Å². The first-order valence-electron chi connectivity index (χ1n) is 19.1. The number of carbonyl (C=O) groups excluding carboxylic acids is 2. The molecule has 11 heteroatoms. The van der Waals surface area contributed by atoms with Crippen LogP contribution in [-0.4, -0.2) is 72.7 Å². The summed E-state index contributed by atoms with van der Waals surface area (Å²) in [5.41, 5.74) is 1.61. The van der Waals surface area contributed by atoms with Crippen LogP contribution >= 0.6 is 0 Å². The summed E-state index contributed by atoms with van der Waals surface area (Å²) in [4.78, 5) is 35.4. The molecule has 3 aliphatic carbocycles. The Hall–Kier alpha value is -4.16. The van der Waals surface area contributed by atoms with Crippen molar-refractivity contribution in [2.75, 3.05) is 27.2 Å². The number of aromatic nitrogens is 1. The van der Waals surface area contributed by atoms with Crippen LogP contribution in [0, 0.1) is 24.6 Å². The number of carbonyl (C=O) groups is 2. The summed E-state index contributed by atoms with van der Waals surface area (Å²) >= 11 is 0. The van der Waals surface area contributed by atoms with Gasteiger partial charge in [-0.2, -0.15) is 0 Å². The number of aliphatic hydroxyl groups excluding tert-OH is 1. The van der Waals surface area contributed by atoms with E-state index in [0.29, 0.717) is 33.2 Å². The van der Waals surface area contributed by atoms with Crippen molar-refractivity contribution in [3.05, 3.63) is 99.1 Å². The molecule has 4 aliphatic rings. The monoisotopic (exact) mass is 751 g/mol. The van der Waals surface area contributed by atoms with Crippen molar-refractivity contribution in [1.82, 2.24) is 15.0 Å². The van der Waals surface area contributed by atoms with Crippen LogP contribution in [0.2, 0.25) is 18.1 Å². The Morgan fingerprint density at radius 1 is 1.04 bits per heavy atom. The van der Waals surface area contributed by atoms with Gasteiger partial charge in [-0.15, -0.1) is 0 Å². The summed E-state index contributed by atoms with van der Waals surface area (Å²) in [5, 5.41) is 17.5. The van der Waals surface area contributed by atoms with E-state index in [4.69, 9.17) is 13.7 Å². The van der Waals surface area contributed by atoms with Crippen molar-refractivity contribution in [3.63, 3.8) is 0 Å². The van der Waals surface area contributed by atoms with Crippen molar-refractivity contribution in [1.29, 1.82) is 0 Å². The zero-order valence-corrected chi connectivity index (χ0v) is 33.5. The maximum atomic E-state index is 16.7. The summed E-state index contributed by atoms with van der Waals surface area (Å²) in [6.07, 6.45) is 1.65. The molecule has 1 aliphatic heterocycles. The Labute approximate surface area is 317 Å². The quantitative estimate of drug-likeness (QED) is 0.141. The predicted octanol–water partition coefficient (Wildman–Crippen LogP) is 8.35. The molecule has 8 rings (SSSR count). The molecule has 4 aromatic rings. The normalized spacial score (nSPS) is 24.3. The Morgan fingerprint density at radius 3 is 2.41 bits per heavy atom. The standard InChI is InChI=1S/C43H50FN3O6Si/c1-24-29-19-26(22-47-17-12-18-47)15-16-28(29)35(44)30-20-27-21-31-36(46(5)6)38-34(41(45-52-38)51-23-25-13-10-9-11-14-25)40(50)43(31,53-54(7,8)42(2,3)4)39(49)33(27)37(48)32(24)30/h9-11,13-16,19,27,31,36,48H,12,17-18,20-23H2,1-8H3/t27-,31-,36-,43-/m0/s1. The largest absolute Gasteiger partial charge is 0.507 e. The smallest absolute Gasteiger partial charge is 0.265 e. The molecule has 2 heterocycles. The van der Waals surface area contributed by atoms with Crippen molar-refractivity contribution in [2.24, 2.45) is 11.8 Å². The number of aliphatic hydroxyl groups is 1. The van der Waals surface area contributed by atoms with Gasteiger partial charge in [-0.3, -0.25) is 19.4 Å². The van der Waals surface area contributed by atoms with Crippen LogP contribution in [-0.2, 0) is 28.8 Å². The van der Waals surface area contributed by atoms with Gasteiger partial charge in [0.25, 0.3) is 5.88 Å². The summed E-state index contributed by atoms with van der Waals surface area (Å²) in [7, 11) is 0.864. The number of ketones is 2. The highest BCUT2D eigenvalue weighted by Gasteiger charge is 2.69. The minimum atomic E-state index is -2.89. The highest BCUT2D eigenvalue weighted by molar-refractivity contribution is 6.74. The van der Waals surface area contributed by atoms with E-state index in [9.17, 15) is 5.11 Å². The number of benzene rings is 3. The molecule has 3 aromatic carbocycles. The second kappa shape index (κ2) is 13.0. The number of Topliss-reactive ketones (excluding diaryl/α,β-unsaturated/α-hetero) is 2. The third kappa shape index (κ3) is 5.52. The second-order valence-electron chi connectivity index (χ2n) is 17.5. The number of fused-ring (bicyclic) bond motifs is 5. The lowest BCUT2D eigenvalue weighted by Gasteiger charge is -2.55. The highest BCUT2D eigenvalue weighted by Crippen LogP contribution is 2.59. The third-order valence-electron chi connectivity index (χ3n) is 12.9. The molecule has 54 heavy (non-hydrogen) atoms. The molecule has 1 N–H and O–H groups in total. The molecule has 1 aromatic heterocycles. The predicted molar refractivity (Wildman–Crippen MR) is 207 cm³/mol. The van der Waals surface area contributed by atoms with Gasteiger partial charge in [-0.25, -0.2) is 4.39 Å². The van der Waals surface area contributed by atoms with E-state index >= 15 is 14.0 Å². The maximum Gasteiger partial charge on any atom is 0.265 e. The number of rotatable bonds is 8. The molecule has 1 saturated carbocycles. The van der Waals surface area contributed by atoms with Gasteiger partial charge in [0, 0.05) is 34.5 Å². The number of nitrogens with zero attached hydrogens (tertiary/aromatic N) is 3. The lowest BCUT2D eigenvalue weighted by molar-refractivity contribution is -0.140. The fraction of sp³-hybridized carbons (Fsp3) is 0.465. The first-order valence-corrected chi connectivity index (χ1v) is 22.0. The van der Waals surface area contributed by atoms with Gasteiger partial charge in [0.2, 0.25) is 11.6 Å². The van der Waals surface area contributed by atoms with Gasteiger partial charge in [0.05, 0.1) is 6.04 Å². The lowest BCUT2D eigenvalue weighted by atomic mass is 9.57. The van der Waals surface area contributed by atoms with Crippen LogP contribution in [0.25, 0.3) is 16.5 Å². The topological polar surface area (TPSA) is 105 Å². The molecule has 2 fully saturated rings. The van der Waals surface area contributed by atoms with E-state index in [-0.39, 0.29) is 53.1 Å². The van der Waals surface area contributed by atoms with E-state index in [1.165, 1.54) is 6.42 Å². The first-order chi connectivity index (χ1) is 25.5. The van der Waals surface area contributed by atoms with Gasteiger partial charge < -0.3 is 18.8 Å². The molecule has 0 amide bonds. The molecule has 9 nitrogen and oxygen atoms in total. The SMILES string of the molecule is Cc1c2c(c(F)c3ccc(CN4CCC4)cc13)C[C@H]1C[C@H]3[C@H](N(C)C)c4onc(OCc5ccccc5)c4C(=O)[C@@]3(O[Si](C)(C)C(C)(C)C)C(=O)C1=C2O. The van der Waals surface area contributed by atoms with Crippen LogP contribution < -0.4 is 4.74 Å². The Kier molecular flexibility index (Phi) is 8.84. The highest BCUT2D eigenvalue weighted by atomic mass is 28.4. The number of halogens is 1. The number of aryl methyl sites for hydroxylation is 1. The van der Waals surface area contributed by atoms with E-state index in [0.717, 1.165) is 30.8 Å². The molecule has 0 spiro atoms. The summed E-state index contributed by atoms with van der Waals surface area (Å²) < 4.78 is 36.1. The van der Waals surface area contributed by atoms with Gasteiger partial charge in [0.1, 0.15) is 23.7 Å². The zero-order chi connectivity index (χ0) is 38.5. The maximum absolute atomic E-state index is 16.7. The molecule has 0 bridgehead atoms. The van der Waals surface area contributed by atoms with Crippen LogP contribution in [0.5, 0.6) is 5.88 Å². The fourth-order valence-electron chi connectivity index (χ4n) is 8.98. The van der Waals surface area contributed by atoms with Crippen LogP contribution in [0.1, 0.15) is 83.6 Å². The minimum Gasteiger partial charge on any atom is -0.507 e. The molecule has 284 valence electrons. The zero-order valence-electron chi connectivity index (χ0n) is 32.5. The summed E-state index contributed by atoms with van der Waals surface area (Å²) in [6, 6.07) is 14.8. The average molecular weight is 752 g/mol. The van der Waals surface area contributed by atoms with Gasteiger partial charge >= 0.3 is 0 Å². The lowest BCUT2D eigenvalue weighted by Crippen LogP contribution is -2.68. The van der Waals surface area contributed by atoms with Gasteiger partial charge in [-0.05, 0) is 111 Å². The van der Waals surface area contributed by atoms with Gasteiger partial charge in [-0.1, -0.05) is 63.2 Å². The van der Waals surface area contributed by atoms with Crippen molar-refractivity contribution in [2.45, 2.75) is 89.9 Å². The van der Waals surface area contributed by atoms with Crippen molar-refractivity contribution in [3.8, 4) is 5.88 Å². The minimum absolute atomic E-state index is 0.00268. The molecular weight excluding hydrogens is 702 g/mol. The average Bonchev–Trinajstić information content (AvgIpc) is 3.52. The third-order valence-corrected chi connectivity index (χ3v) is 17.4. The molecule has 1 saturated heterocycles. The van der Waals surface area contributed by atoms with E-state index in [1.54, 1.807) is 0 Å². The molecule has 0 unspecified atom stereocenters.